The standard InChI is InChI=1S/C32H38N2O3/c1-19-9-7-10-24-16-20(2)22(4)30-27(17-23-18-33-26-12-6-5-11-25(23)26)34-31(37)32(24,30)29(36)14-8-13-28(35)21(3)15-19/h5-8,10-12,14-16,18-19,22,24,27-28,30,33,35H,9,13,17H2,1-4H3,(H,34,37). The van der Waals surface area contributed by atoms with Crippen molar-refractivity contribution in [1.82, 2.24) is 10.3 Å². The number of aromatic nitrogens is 1. The molecule has 0 bridgehead atoms. The summed E-state index contributed by atoms with van der Waals surface area (Å²) in [5.74, 6) is -0.527. The van der Waals surface area contributed by atoms with Gasteiger partial charge in [-0.25, -0.2) is 0 Å². The van der Waals surface area contributed by atoms with Gasteiger partial charge >= 0.3 is 0 Å². The molecule has 7 unspecified atom stereocenters. The Hall–Kier alpha value is -3.18. The van der Waals surface area contributed by atoms with E-state index < -0.39 is 11.5 Å². The van der Waals surface area contributed by atoms with Crippen LogP contribution in [-0.2, 0) is 16.0 Å². The minimum atomic E-state index is -1.20. The zero-order chi connectivity index (χ0) is 26.3. The van der Waals surface area contributed by atoms with E-state index in [0.717, 1.165) is 28.5 Å². The predicted octanol–water partition coefficient (Wildman–Crippen LogP) is 5.44. The summed E-state index contributed by atoms with van der Waals surface area (Å²) < 4.78 is 0. The second-order valence-electron chi connectivity index (χ2n) is 11.3. The zero-order valence-electron chi connectivity index (χ0n) is 22.2. The summed E-state index contributed by atoms with van der Waals surface area (Å²) in [5.41, 5.74) is 3.15. The molecule has 1 saturated heterocycles. The van der Waals surface area contributed by atoms with Crippen LogP contribution in [0.5, 0.6) is 0 Å². The quantitative estimate of drug-likeness (QED) is 0.381. The number of aliphatic hydroxyl groups is 1. The van der Waals surface area contributed by atoms with Crippen molar-refractivity contribution < 1.29 is 14.7 Å². The molecule has 1 spiro atoms. The van der Waals surface area contributed by atoms with Crippen LogP contribution < -0.4 is 5.32 Å². The first-order valence-corrected chi connectivity index (χ1v) is 13.5. The van der Waals surface area contributed by atoms with E-state index in [0.29, 0.717) is 12.8 Å². The van der Waals surface area contributed by atoms with Gasteiger partial charge in [-0.1, -0.05) is 68.0 Å². The number of benzene rings is 1. The van der Waals surface area contributed by atoms with E-state index in [-0.39, 0.29) is 41.4 Å². The molecule has 194 valence electrons. The van der Waals surface area contributed by atoms with Crippen molar-refractivity contribution in [3.8, 4) is 0 Å². The number of rotatable bonds is 2. The van der Waals surface area contributed by atoms with E-state index >= 15 is 0 Å². The Morgan fingerprint density at radius 1 is 1.03 bits per heavy atom. The van der Waals surface area contributed by atoms with Crippen LogP contribution in [-0.4, -0.2) is 33.9 Å². The average Bonchev–Trinajstić information content (AvgIpc) is 3.40. The van der Waals surface area contributed by atoms with Crippen molar-refractivity contribution in [1.29, 1.82) is 0 Å². The fraction of sp³-hybridized carbons (Fsp3) is 0.438. The van der Waals surface area contributed by atoms with Gasteiger partial charge in [0.1, 0.15) is 5.41 Å². The van der Waals surface area contributed by atoms with E-state index in [1.54, 1.807) is 12.2 Å². The molecular weight excluding hydrogens is 460 g/mol. The van der Waals surface area contributed by atoms with Crippen molar-refractivity contribution in [2.45, 2.75) is 59.1 Å². The molecule has 1 aromatic heterocycles. The van der Waals surface area contributed by atoms with E-state index in [2.05, 4.69) is 67.5 Å². The average molecular weight is 499 g/mol. The first-order valence-electron chi connectivity index (χ1n) is 13.5. The Kier molecular flexibility index (Phi) is 6.84. The lowest BCUT2D eigenvalue weighted by Crippen LogP contribution is -2.51. The Balaban J connectivity index is 1.59. The number of hydrogen-bond acceptors (Lipinski definition) is 3. The monoisotopic (exact) mass is 498 g/mol. The number of hydrogen-bond donors (Lipinski definition) is 3. The van der Waals surface area contributed by atoms with Gasteiger partial charge in [0.05, 0.1) is 6.10 Å². The first-order chi connectivity index (χ1) is 17.7. The summed E-state index contributed by atoms with van der Waals surface area (Å²) in [7, 11) is 0. The van der Waals surface area contributed by atoms with Gasteiger partial charge in [0.2, 0.25) is 5.91 Å². The van der Waals surface area contributed by atoms with Crippen molar-refractivity contribution in [2.24, 2.45) is 29.1 Å². The second-order valence-corrected chi connectivity index (χ2v) is 11.3. The highest BCUT2D eigenvalue weighted by atomic mass is 16.3. The zero-order valence-corrected chi connectivity index (χ0v) is 22.2. The lowest BCUT2D eigenvalue weighted by Gasteiger charge is -2.44. The number of carbonyl (C=O) groups excluding carboxylic acids is 2. The van der Waals surface area contributed by atoms with Crippen molar-refractivity contribution in [3.05, 3.63) is 83.6 Å². The molecule has 1 fully saturated rings. The molecule has 37 heavy (non-hydrogen) atoms. The van der Waals surface area contributed by atoms with Gasteiger partial charge in [-0.2, -0.15) is 0 Å². The number of ketones is 1. The van der Waals surface area contributed by atoms with Crippen LogP contribution in [0.3, 0.4) is 0 Å². The summed E-state index contributed by atoms with van der Waals surface area (Å²) in [6.45, 7) is 8.34. The molecule has 2 aromatic rings. The molecule has 5 nitrogen and oxygen atoms in total. The molecule has 0 radical (unpaired) electrons. The molecule has 1 amide bonds. The molecule has 5 heteroatoms. The van der Waals surface area contributed by atoms with E-state index in [9.17, 15) is 14.7 Å². The van der Waals surface area contributed by atoms with Gasteiger partial charge in [0.15, 0.2) is 5.78 Å². The predicted molar refractivity (Wildman–Crippen MR) is 148 cm³/mol. The highest BCUT2D eigenvalue weighted by Crippen LogP contribution is 2.54. The molecular formula is C32H38N2O3. The van der Waals surface area contributed by atoms with Crippen LogP contribution in [0, 0.1) is 29.1 Å². The van der Waals surface area contributed by atoms with E-state index in [1.165, 1.54) is 5.57 Å². The number of para-hydroxylation sites is 1. The summed E-state index contributed by atoms with van der Waals surface area (Å²) in [6, 6.07) is 8.03. The minimum Gasteiger partial charge on any atom is -0.388 e. The fourth-order valence-corrected chi connectivity index (χ4v) is 6.87. The van der Waals surface area contributed by atoms with Gasteiger partial charge in [-0.3, -0.25) is 9.59 Å². The highest BCUT2D eigenvalue weighted by Gasteiger charge is 2.64. The lowest BCUT2D eigenvalue weighted by atomic mass is 9.55. The van der Waals surface area contributed by atoms with Gasteiger partial charge in [0.25, 0.3) is 0 Å². The molecule has 3 N–H and O–H groups in total. The Morgan fingerprint density at radius 2 is 1.81 bits per heavy atom. The number of amides is 1. The van der Waals surface area contributed by atoms with Gasteiger partial charge < -0.3 is 15.4 Å². The summed E-state index contributed by atoms with van der Waals surface area (Å²) >= 11 is 0. The molecule has 2 heterocycles. The number of carbonyl (C=O) groups is 2. The van der Waals surface area contributed by atoms with Crippen LogP contribution in [0.15, 0.2) is 78.1 Å². The Labute approximate surface area is 219 Å². The maximum Gasteiger partial charge on any atom is 0.235 e. The van der Waals surface area contributed by atoms with Gasteiger partial charge in [0, 0.05) is 35.0 Å². The highest BCUT2D eigenvalue weighted by molar-refractivity contribution is 6.13. The molecule has 1 aromatic carbocycles. The van der Waals surface area contributed by atoms with Crippen molar-refractivity contribution >= 4 is 22.6 Å². The molecule has 1 aliphatic heterocycles. The summed E-state index contributed by atoms with van der Waals surface area (Å²) in [4.78, 5) is 31.5. The number of nitrogens with one attached hydrogen (secondary N) is 2. The number of aromatic amines is 1. The Bertz CT molecular complexity index is 1330. The summed E-state index contributed by atoms with van der Waals surface area (Å²) in [5, 5.41) is 15.0. The summed E-state index contributed by atoms with van der Waals surface area (Å²) in [6.07, 6.45) is 14.9. The third-order valence-corrected chi connectivity index (χ3v) is 8.95. The van der Waals surface area contributed by atoms with Crippen LogP contribution in [0.1, 0.15) is 46.1 Å². The van der Waals surface area contributed by atoms with E-state index in [4.69, 9.17) is 0 Å². The van der Waals surface area contributed by atoms with Crippen LogP contribution in [0.25, 0.3) is 10.9 Å². The SMILES string of the molecule is CC1=CC(C)CC=CC2C=C(C)C(C)C3C(Cc4c[nH]c5ccccc45)NC(=O)C23C(=O)C=CCC1O. The van der Waals surface area contributed by atoms with Crippen LogP contribution in [0.4, 0.5) is 0 Å². The number of H-pyrrole nitrogens is 1. The normalized spacial score (nSPS) is 34.5. The topological polar surface area (TPSA) is 82.2 Å². The molecule has 5 rings (SSSR count). The second kappa shape index (κ2) is 9.94. The third kappa shape index (κ3) is 4.33. The molecule has 3 aliphatic rings. The first kappa shape index (κ1) is 25.5. The minimum absolute atomic E-state index is 0.0697. The Morgan fingerprint density at radius 3 is 2.62 bits per heavy atom. The number of fused-ring (bicyclic) bond motifs is 1. The molecule has 7 atom stereocenters. The smallest absolute Gasteiger partial charge is 0.235 e. The maximum atomic E-state index is 14.1. The molecule has 2 aliphatic carbocycles. The van der Waals surface area contributed by atoms with Crippen LogP contribution >= 0.6 is 0 Å². The van der Waals surface area contributed by atoms with E-state index in [1.807, 2.05) is 25.3 Å². The number of allylic oxidation sites excluding steroid dienone is 6. The van der Waals surface area contributed by atoms with Crippen LogP contribution in [0.2, 0.25) is 0 Å². The third-order valence-electron chi connectivity index (χ3n) is 8.95. The lowest BCUT2D eigenvalue weighted by molar-refractivity contribution is -0.142. The van der Waals surface area contributed by atoms with Gasteiger partial charge in [-0.05, 0) is 68.2 Å². The molecule has 0 saturated carbocycles. The largest absolute Gasteiger partial charge is 0.388 e. The number of aliphatic hydroxyl groups excluding tert-OH is 1. The van der Waals surface area contributed by atoms with Crippen molar-refractivity contribution in [3.63, 3.8) is 0 Å². The maximum absolute atomic E-state index is 14.1. The van der Waals surface area contributed by atoms with Crippen molar-refractivity contribution in [2.75, 3.05) is 0 Å². The van der Waals surface area contributed by atoms with Gasteiger partial charge in [-0.15, -0.1) is 0 Å². The fourth-order valence-electron chi connectivity index (χ4n) is 6.87.